The van der Waals surface area contributed by atoms with Crippen LogP contribution in [0.3, 0.4) is 0 Å². The van der Waals surface area contributed by atoms with Gasteiger partial charge in [-0.05, 0) is 26.7 Å². The zero-order chi connectivity index (χ0) is 19.7. The molecule has 0 saturated carbocycles. The molecule has 0 rings (SSSR count). The average molecular weight is 391 g/mol. The van der Waals surface area contributed by atoms with E-state index in [1.165, 1.54) is 83.6 Å². The van der Waals surface area contributed by atoms with E-state index >= 15 is 0 Å². The zero-order valence-electron chi connectivity index (χ0n) is 18.0. The second-order valence-corrected chi connectivity index (χ2v) is 10.2. The number of unbranched alkanes of at least 4 members (excludes halogenated alkanes) is 11. The van der Waals surface area contributed by atoms with Crippen LogP contribution in [-0.4, -0.2) is 53.9 Å². The van der Waals surface area contributed by atoms with Gasteiger partial charge < -0.3 is 18.9 Å². The Morgan fingerprint density at radius 1 is 0.538 bits per heavy atom. The van der Waals surface area contributed by atoms with Gasteiger partial charge in [0.25, 0.3) is 0 Å². The SMILES string of the molecule is CCCCCCCCCCCCCC[N+](CC)(CC)CCC[Si](O)(O)O. The molecule has 0 aliphatic rings. The second kappa shape index (κ2) is 16.1. The molecule has 0 aromatic carbocycles. The Morgan fingerprint density at radius 2 is 0.923 bits per heavy atom. The molecule has 26 heavy (non-hydrogen) atoms. The normalized spacial score (nSPS) is 12.7. The highest BCUT2D eigenvalue weighted by Crippen LogP contribution is 2.16. The van der Waals surface area contributed by atoms with E-state index in [1.807, 2.05) is 0 Å². The van der Waals surface area contributed by atoms with Crippen molar-refractivity contribution >= 4 is 8.80 Å². The first kappa shape index (κ1) is 26.1. The molecule has 0 radical (unpaired) electrons. The predicted molar refractivity (Wildman–Crippen MR) is 114 cm³/mol. The van der Waals surface area contributed by atoms with E-state index in [0.29, 0.717) is 6.42 Å². The van der Waals surface area contributed by atoms with Crippen LogP contribution in [0.15, 0.2) is 0 Å². The topological polar surface area (TPSA) is 60.7 Å². The third-order valence-corrected chi connectivity index (χ3v) is 7.00. The summed E-state index contributed by atoms with van der Waals surface area (Å²) in [5.74, 6) is 0. The van der Waals surface area contributed by atoms with Crippen LogP contribution >= 0.6 is 0 Å². The molecule has 3 N–H and O–H groups in total. The first-order chi connectivity index (χ1) is 12.4. The maximum Gasteiger partial charge on any atom is 0.492 e. The molecule has 0 fully saturated rings. The summed E-state index contributed by atoms with van der Waals surface area (Å²) in [7, 11) is -3.86. The summed E-state index contributed by atoms with van der Waals surface area (Å²) in [5.41, 5.74) is 0. The molecule has 0 aromatic rings. The summed E-state index contributed by atoms with van der Waals surface area (Å²) >= 11 is 0. The fraction of sp³-hybridized carbons (Fsp3) is 1.00. The van der Waals surface area contributed by atoms with Crippen molar-refractivity contribution in [3.05, 3.63) is 0 Å². The minimum atomic E-state index is -3.86. The molecule has 0 aliphatic carbocycles. The van der Waals surface area contributed by atoms with Crippen LogP contribution in [0.25, 0.3) is 0 Å². The number of hydrogen-bond donors (Lipinski definition) is 3. The van der Waals surface area contributed by atoms with Gasteiger partial charge in [0.15, 0.2) is 0 Å². The largest absolute Gasteiger partial charge is 0.492 e. The van der Waals surface area contributed by atoms with Gasteiger partial charge in [0.2, 0.25) is 0 Å². The molecule has 0 spiro atoms. The molecular formula is C21H48NO3Si+. The lowest BCUT2D eigenvalue weighted by Crippen LogP contribution is -2.49. The van der Waals surface area contributed by atoms with E-state index in [2.05, 4.69) is 20.8 Å². The van der Waals surface area contributed by atoms with Crippen molar-refractivity contribution in [2.75, 3.05) is 26.2 Å². The van der Waals surface area contributed by atoms with Gasteiger partial charge in [-0.3, -0.25) is 0 Å². The molecule has 0 heterocycles. The zero-order valence-corrected chi connectivity index (χ0v) is 19.0. The number of nitrogens with zero attached hydrogens (tertiary/aromatic N) is 1. The molecule has 0 bridgehead atoms. The molecule has 0 aliphatic heterocycles. The Hall–Kier alpha value is 0.0569. The van der Waals surface area contributed by atoms with Crippen LogP contribution in [0.5, 0.6) is 0 Å². The Kier molecular flexibility index (Phi) is 16.1. The van der Waals surface area contributed by atoms with Crippen LogP contribution in [0.4, 0.5) is 0 Å². The fourth-order valence-electron chi connectivity index (χ4n) is 3.91. The van der Waals surface area contributed by atoms with E-state index in [4.69, 9.17) is 0 Å². The summed E-state index contributed by atoms with van der Waals surface area (Å²) in [5, 5.41) is 0. The first-order valence-electron chi connectivity index (χ1n) is 11.4. The minimum Gasteiger partial charge on any atom is -0.390 e. The summed E-state index contributed by atoms with van der Waals surface area (Å²) in [6.07, 6.45) is 17.2. The van der Waals surface area contributed by atoms with Crippen LogP contribution in [0, 0.1) is 0 Å². The molecule has 158 valence electrons. The van der Waals surface area contributed by atoms with Crippen molar-refractivity contribution < 1.29 is 18.9 Å². The highest BCUT2D eigenvalue weighted by Gasteiger charge is 2.29. The van der Waals surface area contributed by atoms with Crippen molar-refractivity contribution in [2.45, 2.75) is 110 Å². The van der Waals surface area contributed by atoms with E-state index in [-0.39, 0.29) is 6.04 Å². The van der Waals surface area contributed by atoms with Gasteiger partial charge in [0.1, 0.15) is 0 Å². The third-order valence-electron chi connectivity index (χ3n) is 5.97. The summed E-state index contributed by atoms with van der Waals surface area (Å²) < 4.78 is 1.04. The number of hydrogen-bond acceptors (Lipinski definition) is 3. The van der Waals surface area contributed by atoms with Crippen molar-refractivity contribution in [3.8, 4) is 0 Å². The predicted octanol–water partition coefficient (Wildman–Crippen LogP) is 4.85. The maximum absolute atomic E-state index is 9.19. The van der Waals surface area contributed by atoms with Crippen molar-refractivity contribution in [1.82, 2.24) is 0 Å². The minimum absolute atomic E-state index is 0.172. The standard InChI is InChI=1S/C21H48NO3Si/c1-4-7-8-9-10-11-12-13-14-15-16-17-19-22(5-2,6-3)20-18-21-26(23,24)25/h23-25H,4-21H2,1-3H3/q+1. The fourth-order valence-corrected chi connectivity index (χ4v) is 4.54. The molecular weight excluding hydrogens is 342 g/mol. The Bertz CT molecular complexity index is 304. The third kappa shape index (κ3) is 15.1. The quantitative estimate of drug-likeness (QED) is 0.168. The Balaban J connectivity index is 3.67. The average Bonchev–Trinajstić information content (AvgIpc) is 2.60. The Morgan fingerprint density at radius 3 is 1.31 bits per heavy atom. The maximum atomic E-state index is 9.19. The second-order valence-electron chi connectivity index (χ2n) is 8.19. The molecule has 0 aromatic heterocycles. The van der Waals surface area contributed by atoms with Crippen LogP contribution < -0.4 is 0 Å². The van der Waals surface area contributed by atoms with Gasteiger partial charge in [-0.2, -0.15) is 0 Å². The number of quaternary nitrogens is 1. The lowest BCUT2D eigenvalue weighted by atomic mass is 10.0. The van der Waals surface area contributed by atoms with Gasteiger partial charge in [0, 0.05) is 12.5 Å². The van der Waals surface area contributed by atoms with E-state index in [9.17, 15) is 14.4 Å². The monoisotopic (exact) mass is 390 g/mol. The molecule has 0 amide bonds. The highest BCUT2D eigenvalue weighted by atomic mass is 28.4. The molecule has 0 atom stereocenters. The molecule has 4 nitrogen and oxygen atoms in total. The smallest absolute Gasteiger partial charge is 0.390 e. The van der Waals surface area contributed by atoms with Crippen LogP contribution in [0.2, 0.25) is 6.04 Å². The van der Waals surface area contributed by atoms with Gasteiger partial charge in [-0.1, -0.05) is 71.1 Å². The lowest BCUT2D eigenvalue weighted by molar-refractivity contribution is -0.925. The molecule has 0 unspecified atom stereocenters. The van der Waals surface area contributed by atoms with E-state index < -0.39 is 8.80 Å². The highest BCUT2D eigenvalue weighted by molar-refractivity contribution is 6.56. The van der Waals surface area contributed by atoms with Crippen molar-refractivity contribution in [1.29, 1.82) is 0 Å². The van der Waals surface area contributed by atoms with E-state index in [1.54, 1.807) is 0 Å². The molecule has 0 saturated heterocycles. The van der Waals surface area contributed by atoms with Gasteiger partial charge in [0.05, 0.1) is 26.2 Å². The summed E-state index contributed by atoms with van der Waals surface area (Å²) in [6, 6.07) is 0.172. The van der Waals surface area contributed by atoms with Crippen LogP contribution in [0.1, 0.15) is 104 Å². The number of rotatable bonds is 19. The summed E-state index contributed by atoms with van der Waals surface area (Å²) in [4.78, 5) is 27.6. The van der Waals surface area contributed by atoms with Crippen molar-refractivity contribution in [3.63, 3.8) is 0 Å². The lowest BCUT2D eigenvalue weighted by Gasteiger charge is -2.37. The summed E-state index contributed by atoms with van der Waals surface area (Å²) in [6.45, 7) is 11.0. The molecule has 5 heteroatoms. The Labute approximate surface area is 164 Å². The van der Waals surface area contributed by atoms with Gasteiger partial charge in [-0.25, -0.2) is 0 Å². The van der Waals surface area contributed by atoms with Gasteiger partial charge in [-0.15, -0.1) is 0 Å². The van der Waals surface area contributed by atoms with Crippen molar-refractivity contribution in [2.24, 2.45) is 0 Å². The van der Waals surface area contributed by atoms with Gasteiger partial charge >= 0.3 is 8.80 Å². The van der Waals surface area contributed by atoms with E-state index in [0.717, 1.165) is 24.1 Å². The first-order valence-corrected chi connectivity index (χ1v) is 13.5. The van der Waals surface area contributed by atoms with Crippen LogP contribution in [-0.2, 0) is 0 Å².